The third-order valence-electron chi connectivity index (χ3n) is 5.31. The van der Waals surface area contributed by atoms with Crippen LogP contribution in [0.2, 0.25) is 0 Å². The van der Waals surface area contributed by atoms with E-state index in [4.69, 9.17) is 9.84 Å². The maximum atomic E-state index is 13.3. The predicted molar refractivity (Wildman–Crippen MR) is 126 cm³/mol. The summed E-state index contributed by atoms with van der Waals surface area (Å²) in [5.41, 5.74) is 2.94. The third kappa shape index (κ3) is 4.60. The number of ether oxygens (including phenoxy) is 1. The van der Waals surface area contributed by atoms with E-state index >= 15 is 0 Å². The standard InChI is InChI=1S/C24H25N5O2S/c1-4-14-28-17(2)25-26-24(28)32-16-23(30)29-22(19-10-12-20(31-3)13-11-19)15-21(27-29)18-8-6-5-7-9-18/h4-13,22H,1,14-16H2,2-3H3. The lowest BCUT2D eigenvalue weighted by atomic mass is 9.98. The number of nitrogens with zero attached hydrogens (tertiary/aromatic N) is 5. The molecular weight excluding hydrogens is 422 g/mol. The van der Waals surface area contributed by atoms with Crippen LogP contribution in [0, 0.1) is 6.92 Å². The molecule has 2 heterocycles. The highest BCUT2D eigenvalue weighted by molar-refractivity contribution is 7.99. The molecule has 1 aliphatic rings. The number of carbonyl (C=O) groups is 1. The Morgan fingerprint density at radius 2 is 1.94 bits per heavy atom. The summed E-state index contributed by atoms with van der Waals surface area (Å²) >= 11 is 1.36. The summed E-state index contributed by atoms with van der Waals surface area (Å²) in [5.74, 6) is 1.71. The molecule has 0 radical (unpaired) electrons. The molecule has 0 spiro atoms. The molecule has 0 saturated heterocycles. The summed E-state index contributed by atoms with van der Waals surface area (Å²) < 4.78 is 7.22. The van der Waals surface area contributed by atoms with Gasteiger partial charge in [0.05, 0.1) is 24.6 Å². The van der Waals surface area contributed by atoms with E-state index < -0.39 is 0 Å². The molecule has 3 aromatic rings. The van der Waals surface area contributed by atoms with Crippen molar-refractivity contribution < 1.29 is 9.53 Å². The van der Waals surface area contributed by atoms with Gasteiger partial charge in [-0.05, 0) is 30.2 Å². The van der Waals surface area contributed by atoms with E-state index in [-0.39, 0.29) is 17.7 Å². The summed E-state index contributed by atoms with van der Waals surface area (Å²) in [6.07, 6.45) is 2.44. The summed E-state index contributed by atoms with van der Waals surface area (Å²) in [7, 11) is 1.64. The van der Waals surface area contributed by atoms with Gasteiger partial charge in [0.15, 0.2) is 5.16 Å². The Morgan fingerprint density at radius 1 is 1.19 bits per heavy atom. The fraction of sp³-hybridized carbons (Fsp3) is 0.250. The van der Waals surface area contributed by atoms with Gasteiger partial charge in [-0.25, -0.2) is 5.01 Å². The van der Waals surface area contributed by atoms with Crippen molar-refractivity contribution >= 4 is 23.4 Å². The minimum atomic E-state index is -0.169. The highest BCUT2D eigenvalue weighted by atomic mass is 32.2. The zero-order chi connectivity index (χ0) is 22.5. The maximum Gasteiger partial charge on any atom is 0.253 e. The number of rotatable bonds is 8. The lowest BCUT2D eigenvalue weighted by molar-refractivity contribution is -0.130. The van der Waals surface area contributed by atoms with Gasteiger partial charge in [0.1, 0.15) is 11.6 Å². The van der Waals surface area contributed by atoms with Crippen LogP contribution in [0.25, 0.3) is 0 Å². The average Bonchev–Trinajstić information content (AvgIpc) is 3.43. The largest absolute Gasteiger partial charge is 0.497 e. The van der Waals surface area contributed by atoms with Crippen LogP contribution in [0.5, 0.6) is 5.75 Å². The second-order valence-electron chi connectivity index (χ2n) is 7.36. The van der Waals surface area contributed by atoms with E-state index in [9.17, 15) is 4.79 Å². The van der Waals surface area contributed by atoms with Crippen molar-refractivity contribution in [2.24, 2.45) is 5.10 Å². The molecule has 2 aromatic carbocycles. The van der Waals surface area contributed by atoms with Crippen molar-refractivity contribution in [2.75, 3.05) is 12.9 Å². The number of thioether (sulfide) groups is 1. The number of hydrogen-bond donors (Lipinski definition) is 0. The van der Waals surface area contributed by atoms with Gasteiger partial charge < -0.3 is 9.30 Å². The van der Waals surface area contributed by atoms with Crippen LogP contribution in [-0.2, 0) is 11.3 Å². The minimum Gasteiger partial charge on any atom is -0.497 e. The zero-order valence-electron chi connectivity index (χ0n) is 18.1. The molecule has 4 rings (SSSR count). The predicted octanol–water partition coefficient (Wildman–Crippen LogP) is 4.25. The normalized spacial score (nSPS) is 15.5. The van der Waals surface area contributed by atoms with Crippen LogP contribution in [-0.4, -0.2) is 44.3 Å². The molecule has 8 heteroatoms. The van der Waals surface area contributed by atoms with Crippen molar-refractivity contribution in [3.8, 4) is 5.75 Å². The van der Waals surface area contributed by atoms with E-state index in [1.165, 1.54) is 11.8 Å². The van der Waals surface area contributed by atoms with Gasteiger partial charge in [-0.15, -0.1) is 16.8 Å². The molecule has 0 bridgehead atoms. The molecule has 0 N–H and O–H groups in total. The van der Waals surface area contributed by atoms with Gasteiger partial charge in [-0.3, -0.25) is 4.79 Å². The SMILES string of the molecule is C=CCn1c(C)nnc1SCC(=O)N1N=C(c2ccccc2)CC1c1ccc(OC)cc1. The monoisotopic (exact) mass is 447 g/mol. The Kier molecular flexibility index (Phi) is 6.70. The number of hydrazone groups is 1. The Labute approximate surface area is 191 Å². The van der Waals surface area contributed by atoms with Crippen molar-refractivity contribution in [1.82, 2.24) is 19.8 Å². The van der Waals surface area contributed by atoms with Crippen LogP contribution in [0.4, 0.5) is 0 Å². The van der Waals surface area contributed by atoms with Gasteiger partial charge in [0, 0.05) is 13.0 Å². The van der Waals surface area contributed by atoms with Gasteiger partial charge in [-0.1, -0.05) is 60.3 Å². The molecule has 1 amide bonds. The number of carbonyl (C=O) groups excluding carboxylic acids is 1. The number of hydrogen-bond acceptors (Lipinski definition) is 6. The molecule has 7 nitrogen and oxygen atoms in total. The van der Waals surface area contributed by atoms with E-state index in [1.807, 2.05) is 66.1 Å². The minimum absolute atomic E-state index is 0.0763. The Balaban J connectivity index is 1.57. The van der Waals surface area contributed by atoms with E-state index in [0.29, 0.717) is 18.1 Å². The second-order valence-corrected chi connectivity index (χ2v) is 8.30. The molecular formula is C24H25N5O2S. The fourth-order valence-corrected chi connectivity index (χ4v) is 4.48. The first-order valence-electron chi connectivity index (χ1n) is 10.3. The Bertz CT molecular complexity index is 1130. The lowest BCUT2D eigenvalue weighted by Crippen LogP contribution is -2.28. The fourth-order valence-electron chi connectivity index (χ4n) is 3.63. The van der Waals surface area contributed by atoms with Gasteiger partial charge in [0.2, 0.25) is 0 Å². The van der Waals surface area contributed by atoms with Crippen LogP contribution in [0.3, 0.4) is 0 Å². The number of allylic oxidation sites excluding steroid dienone is 1. The first-order valence-corrected chi connectivity index (χ1v) is 11.3. The third-order valence-corrected chi connectivity index (χ3v) is 6.26. The molecule has 0 saturated carbocycles. The second kappa shape index (κ2) is 9.82. The number of amides is 1. The molecule has 1 atom stereocenters. The summed E-state index contributed by atoms with van der Waals surface area (Å²) in [5, 5.41) is 15.4. The first kappa shape index (κ1) is 21.8. The van der Waals surface area contributed by atoms with Gasteiger partial charge in [-0.2, -0.15) is 5.10 Å². The molecule has 0 aliphatic carbocycles. The zero-order valence-corrected chi connectivity index (χ0v) is 19.0. The van der Waals surface area contributed by atoms with Crippen LogP contribution in [0.15, 0.2) is 77.5 Å². The molecule has 1 aliphatic heterocycles. The van der Waals surface area contributed by atoms with Gasteiger partial charge >= 0.3 is 0 Å². The molecule has 0 fully saturated rings. The quantitative estimate of drug-likeness (QED) is 0.381. The molecule has 32 heavy (non-hydrogen) atoms. The summed E-state index contributed by atoms with van der Waals surface area (Å²) in [6.45, 7) is 6.27. The van der Waals surface area contributed by atoms with E-state index in [0.717, 1.165) is 28.4 Å². The van der Waals surface area contributed by atoms with Crippen molar-refractivity contribution in [3.05, 3.63) is 84.2 Å². The average molecular weight is 448 g/mol. The highest BCUT2D eigenvalue weighted by Gasteiger charge is 2.33. The van der Waals surface area contributed by atoms with Crippen LogP contribution < -0.4 is 4.74 Å². The number of methoxy groups -OCH3 is 1. The van der Waals surface area contributed by atoms with Crippen molar-refractivity contribution in [2.45, 2.75) is 31.1 Å². The molecule has 164 valence electrons. The van der Waals surface area contributed by atoms with Gasteiger partial charge in [0.25, 0.3) is 5.91 Å². The van der Waals surface area contributed by atoms with E-state index in [2.05, 4.69) is 16.8 Å². The van der Waals surface area contributed by atoms with E-state index in [1.54, 1.807) is 18.2 Å². The topological polar surface area (TPSA) is 72.6 Å². The van der Waals surface area contributed by atoms with Crippen molar-refractivity contribution in [1.29, 1.82) is 0 Å². The van der Waals surface area contributed by atoms with Crippen LogP contribution >= 0.6 is 11.8 Å². The number of aryl methyl sites for hydroxylation is 1. The molecule has 1 aromatic heterocycles. The Hall–Kier alpha value is -3.39. The van der Waals surface area contributed by atoms with Crippen molar-refractivity contribution in [3.63, 3.8) is 0 Å². The Morgan fingerprint density at radius 3 is 2.62 bits per heavy atom. The lowest BCUT2D eigenvalue weighted by Gasteiger charge is -2.22. The smallest absolute Gasteiger partial charge is 0.253 e. The summed E-state index contributed by atoms with van der Waals surface area (Å²) in [4.78, 5) is 13.3. The van der Waals surface area contributed by atoms with Crippen LogP contribution in [0.1, 0.15) is 29.4 Å². The number of aromatic nitrogens is 3. The highest BCUT2D eigenvalue weighted by Crippen LogP contribution is 2.34. The number of benzene rings is 2. The first-order chi connectivity index (χ1) is 15.6. The molecule has 1 unspecified atom stereocenters. The maximum absolute atomic E-state index is 13.3. The summed E-state index contributed by atoms with van der Waals surface area (Å²) in [6, 6.07) is 17.6.